The average Bonchev–Trinajstić information content (AvgIpc) is 2.80. The van der Waals surface area contributed by atoms with Gasteiger partial charge in [-0.2, -0.15) is 0 Å². The predicted octanol–water partition coefficient (Wildman–Crippen LogP) is 1.65. The van der Waals surface area contributed by atoms with E-state index < -0.39 is 17.4 Å². The number of carbonyl (C=O) groups is 1. The fraction of sp³-hybridized carbons (Fsp3) is 0.500. The minimum atomic E-state index is -1.46. The quantitative estimate of drug-likeness (QED) is 0.801. The topological polar surface area (TPSA) is 99.8 Å². The molecule has 2 heterocycles. The first-order chi connectivity index (χ1) is 10.9. The second-order valence-electron chi connectivity index (χ2n) is 4.95. The van der Waals surface area contributed by atoms with E-state index in [1.165, 1.54) is 16.2 Å². The molecule has 0 bridgehead atoms. The van der Waals surface area contributed by atoms with Gasteiger partial charge in [0.25, 0.3) is 5.56 Å². The lowest BCUT2D eigenvalue weighted by Crippen LogP contribution is -2.40. The molecule has 0 amide bonds. The Kier molecular flexibility index (Phi) is 5.22. The summed E-state index contributed by atoms with van der Waals surface area (Å²) in [5.41, 5.74) is -0.424. The van der Waals surface area contributed by atoms with Crippen molar-refractivity contribution in [3.8, 4) is 5.06 Å². The van der Waals surface area contributed by atoms with Crippen molar-refractivity contribution in [2.45, 2.75) is 33.4 Å². The molecule has 0 saturated heterocycles. The molecule has 2 aromatic heterocycles. The van der Waals surface area contributed by atoms with Crippen LogP contribution in [-0.4, -0.2) is 34.1 Å². The molecule has 9 heteroatoms. The van der Waals surface area contributed by atoms with Crippen LogP contribution in [0.15, 0.2) is 9.59 Å². The van der Waals surface area contributed by atoms with Gasteiger partial charge in [-0.15, -0.1) is 0 Å². The first kappa shape index (κ1) is 17.2. The molecule has 0 saturated carbocycles. The Bertz CT molecular complexity index is 848. The molecule has 0 aromatic carbocycles. The van der Waals surface area contributed by atoms with Gasteiger partial charge in [-0.25, -0.2) is 9.59 Å². The van der Waals surface area contributed by atoms with Gasteiger partial charge < -0.3 is 14.6 Å². The summed E-state index contributed by atoms with van der Waals surface area (Å²) in [5.74, 6) is 0. The van der Waals surface area contributed by atoms with Gasteiger partial charge in [0.15, 0.2) is 5.06 Å². The molecular formula is C14H18N2O6S. The summed E-state index contributed by atoms with van der Waals surface area (Å²) in [6.07, 6.45) is -0.827. The number of fused-ring (bicyclic) bond motifs is 1. The number of thiophene rings is 1. The van der Waals surface area contributed by atoms with Crippen molar-refractivity contribution in [1.82, 2.24) is 9.13 Å². The predicted molar refractivity (Wildman–Crippen MR) is 85.9 cm³/mol. The Morgan fingerprint density at radius 1 is 1.26 bits per heavy atom. The van der Waals surface area contributed by atoms with Crippen LogP contribution in [0.3, 0.4) is 0 Å². The molecule has 0 fully saturated rings. The van der Waals surface area contributed by atoms with Crippen LogP contribution in [0, 0.1) is 6.92 Å². The van der Waals surface area contributed by atoms with Gasteiger partial charge in [-0.1, -0.05) is 18.3 Å². The summed E-state index contributed by atoms with van der Waals surface area (Å²) in [6.45, 7) is 4.34. The summed E-state index contributed by atoms with van der Waals surface area (Å²) in [6, 6.07) is 0. The number of methoxy groups -OCH3 is 1. The maximum atomic E-state index is 12.6. The molecule has 0 aliphatic carbocycles. The van der Waals surface area contributed by atoms with Crippen molar-refractivity contribution >= 4 is 27.7 Å². The van der Waals surface area contributed by atoms with E-state index in [0.29, 0.717) is 35.4 Å². The van der Waals surface area contributed by atoms with Gasteiger partial charge in [0.2, 0.25) is 0 Å². The molecule has 2 rings (SSSR count). The average molecular weight is 342 g/mol. The number of hydrogen-bond donors (Lipinski definition) is 1. The fourth-order valence-corrected chi connectivity index (χ4v) is 3.52. The number of nitrogens with zero attached hydrogens (tertiary/aromatic N) is 2. The number of hydrogen-bond acceptors (Lipinski definition) is 6. The van der Waals surface area contributed by atoms with Crippen LogP contribution in [0.1, 0.15) is 18.9 Å². The molecule has 0 unspecified atom stereocenters. The Balaban J connectivity index is 2.81. The molecular weight excluding hydrogens is 324 g/mol. The molecule has 1 N–H and O–H groups in total. The molecule has 0 aliphatic rings. The number of ether oxygens (including phenoxy) is 2. The largest absolute Gasteiger partial charge is 0.512 e. The Hall–Kier alpha value is -2.13. The second kappa shape index (κ2) is 6.97. The summed E-state index contributed by atoms with van der Waals surface area (Å²) in [5, 5.41) is 9.22. The van der Waals surface area contributed by atoms with E-state index in [1.807, 2.05) is 6.92 Å². The summed E-state index contributed by atoms with van der Waals surface area (Å²) >= 11 is 0.975. The highest BCUT2D eigenvalue weighted by atomic mass is 32.1. The summed E-state index contributed by atoms with van der Waals surface area (Å²) < 4.78 is 12.3. The highest BCUT2D eigenvalue weighted by Gasteiger charge is 2.21. The molecule has 0 atom stereocenters. The number of aryl methyl sites for hydroxylation is 1. The van der Waals surface area contributed by atoms with E-state index >= 15 is 0 Å². The SMILES string of the molecule is CCCn1c(=O)c2c(C)c(OC(=O)O)sc2n(CCOC)c1=O. The van der Waals surface area contributed by atoms with Crippen molar-refractivity contribution in [3.63, 3.8) is 0 Å². The monoisotopic (exact) mass is 342 g/mol. The van der Waals surface area contributed by atoms with Crippen LogP contribution < -0.4 is 16.0 Å². The number of carboxylic acid groups (broad SMARTS) is 1. The first-order valence-corrected chi connectivity index (χ1v) is 7.90. The van der Waals surface area contributed by atoms with Crippen LogP contribution in [0.5, 0.6) is 5.06 Å². The molecule has 126 valence electrons. The molecule has 2 aromatic rings. The van der Waals surface area contributed by atoms with E-state index in [0.717, 1.165) is 11.3 Å². The highest BCUT2D eigenvalue weighted by molar-refractivity contribution is 7.20. The summed E-state index contributed by atoms with van der Waals surface area (Å²) in [4.78, 5) is 36.4. The number of aromatic nitrogens is 2. The van der Waals surface area contributed by atoms with Gasteiger partial charge in [-0.05, 0) is 13.3 Å². The molecule has 0 radical (unpaired) electrons. The van der Waals surface area contributed by atoms with Gasteiger partial charge in [0.05, 0.1) is 18.5 Å². The van der Waals surface area contributed by atoms with Crippen LogP contribution >= 0.6 is 11.3 Å². The van der Waals surface area contributed by atoms with Crippen molar-refractivity contribution in [2.75, 3.05) is 13.7 Å². The third-order valence-electron chi connectivity index (χ3n) is 3.40. The maximum absolute atomic E-state index is 12.6. The summed E-state index contributed by atoms with van der Waals surface area (Å²) in [7, 11) is 1.52. The standard InChI is InChI=1S/C14H18N2O6S/c1-4-5-15-10(17)9-8(2)12(22-14(19)20)23-11(9)16(13(15)18)6-7-21-3/h4-7H2,1-3H3,(H,19,20). The van der Waals surface area contributed by atoms with Crippen LogP contribution in [-0.2, 0) is 17.8 Å². The Labute approximate surface area is 135 Å². The lowest BCUT2D eigenvalue weighted by molar-refractivity contribution is 0.145. The van der Waals surface area contributed by atoms with Crippen LogP contribution in [0.4, 0.5) is 4.79 Å². The Morgan fingerprint density at radius 2 is 1.96 bits per heavy atom. The Morgan fingerprint density at radius 3 is 2.52 bits per heavy atom. The van der Waals surface area contributed by atoms with Gasteiger partial charge in [0.1, 0.15) is 4.83 Å². The van der Waals surface area contributed by atoms with Crippen LogP contribution in [0.25, 0.3) is 10.2 Å². The van der Waals surface area contributed by atoms with Crippen molar-refractivity contribution in [3.05, 3.63) is 26.4 Å². The van der Waals surface area contributed by atoms with Crippen molar-refractivity contribution in [2.24, 2.45) is 0 Å². The van der Waals surface area contributed by atoms with E-state index in [1.54, 1.807) is 6.92 Å². The van der Waals surface area contributed by atoms with Crippen molar-refractivity contribution in [1.29, 1.82) is 0 Å². The van der Waals surface area contributed by atoms with E-state index in [2.05, 4.69) is 0 Å². The lowest BCUT2D eigenvalue weighted by Gasteiger charge is -2.11. The van der Waals surface area contributed by atoms with Gasteiger partial charge in [-0.3, -0.25) is 13.9 Å². The molecule has 0 aliphatic heterocycles. The zero-order valence-corrected chi connectivity index (χ0v) is 13.9. The zero-order chi connectivity index (χ0) is 17.1. The minimum absolute atomic E-state index is 0.101. The molecule has 0 spiro atoms. The lowest BCUT2D eigenvalue weighted by atomic mass is 10.2. The normalized spacial score (nSPS) is 11.1. The molecule has 23 heavy (non-hydrogen) atoms. The highest BCUT2D eigenvalue weighted by Crippen LogP contribution is 2.34. The van der Waals surface area contributed by atoms with E-state index in [9.17, 15) is 14.4 Å². The van der Waals surface area contributed by atoms with Gasteiger partial charge >= 0.3 is 11.8 Å². The smallest absolute Gasteiger partial charge is 0.449 e. The van der Waals surface area contributed by atoms with E-state index in [4.69, 9.17) is 14.6 Å². The van der Waals surface area contributed by atoms with E-state index in [-0.39, 0.29) is 11.6 Å². The van der Waals surface area contributed by atoms with Crippen molar-refractivity contribution < 1.29 is 19.4 Å². The fourth-order valence-electron chi connectivity index (χ4n) is 2.35. The maximum Gasteiger partial charge on any atom is 0.512 e. The zero-order valence-electron chi connectivity index (χ0n) is 13.1. The van der Waals surface area contributed by atoms with Crippen LogP contribution in [0.2, 0.25) is 0 Å². The third-order valence-corrected chi connectivity index (χ3v) is 4.59. The first-order valence-electron chi connectivity index (χ1n) is 7.08. The second-order valence-corrected chi connectivity index (χ2v) is 5.91. The minimum Gasteiger partial charge on any atom is -0.449 e. The van der Waals surface area contributed by atoms with Gasteiger partial charge in [0, 0.05) is 19.2 Å². The molecule has 8 nitrogen and oxygen atoms in total. The number of rotatable bonds is 6. The third kappa shape index (κ3) is 3.15.